The van der Waals surface area contributed by atoms with Gasteiger partial charge < -0.3 is 14.4 Å². The van der Waals surface area contributed by atoms with Gasteiger partial charge in [-0.15, -0.1) is 0 Å². The maximum absolute atomic E-state index is 12.7. The molecule has 0 spiro atoms. The van der Waals surface area contributed by atoms with Gasteiger partial charge >= 0.3 is 12.1 Å². The number of halogens is 3. The molecule has 1 aromatic carbocycles. The summed E-state index contributed by atoms with van der Waals surface area (Å²) in [5.74, 6) is -0.560. The van der Waals surface area contributed by atoms with E-state index >= 15 is 0 Å². The number of nitrogens with zero attached hydrogens (tertiary/aromatic N) is 1. The molecule has 0 N–H and O–H groups in total. The van der Waals surface area contributed by atoms with E-state index in [0.29, 0.717) is 18.1 Å². The molecular weight excluding hydrogens is 363 g/mol. The van der Waals surface area contributed by atoms with E-state index < -0.39 is 17.7 Å². The highest BCUT2D eigenvalue weighted by atomic mass is 19.4. The molecule has 0 saturated carbocycles. The van der Waals surface area contributed by atoms with Crippen molar-refractivity contribution >= 4 is 11.9 Å². The molecular formula is C19H26F3NO4. The van der Waals surface area contributed by atoms with E-state index in [1.165, 1.54) is 17.0 Å². The lowest BCUT2D eigenvalue weighted by Gasteiger charge is -2.22. The van der Waals surface area contributed by atoms with Crippen LogP contribution in [-0.4, -0.2) is 43.1 Å². The highest BCUT2D eigenvalue weighted by Gasteiger charge is 2.30. The van der Waals surface area contributed by atoms with Crippen LogP contribution in [0.25, 0.3) is 0 Å². The fraction of sp³-hybridized carbons (Fsp3) is 0.579. The third-order valence-corrected chi connectivity index (χ3v) is 3.54. The van der Waals surface area contributed by atoms with Gasteiger partial charge in [-0.25, -0.2) is 0 Å². The first-order valence-electron chi connectivity index (χ1n) is 8.80. The minimum absolute atomic E-state index is 0.0139. The summed E-state index contributed by atoms with van der Waals surface area (Å²) in [6.07, 6.45) is -4.35. The summed E-state index contributed by atoms with van der Waals surface area (Å²) in [5.41, 5.74) is -0.277. The van der Waals surface area contributed by atoms with Crippen LogP contribution < -0.4 is 0 Å². The van der Waals surface area contributed by atoms with Crippen molar-refractivity contribution in [3.05, 3.63) is 35.4 Å². The minimum Gasteiger partial charge on any atom is -0.465 e. The highest BCUT2D eigenvalue weighted by molar-refractivity contribution is 5.82. The summed E-state index contributed by atoms with van der Waals surface area (Å²) < 4.78 is 48.2. The molecule has 0 unspecified atom stereocenters. The lowest BCUT2D eigenvalue weighted by molar-refractivity contribution is -0.149. The first kappa shape index (κ1) is 23.0. The topological polar surface area (TPSA) is 55.8 Å². The first-order valence-corrected chi connectivity index (χ1v) is 8.80. The van der Waals surface area contributed by atoms with Crippen molar-refractivity contribution in [1.29, 1.82) is 0 Å². The fourth-order valence-electron chi connectivity index (χ4n) is 2.25. The molecule has 152 valence electrons. The Morgan fingerprint density at radius 3 is 2.30 bits per heavy atom. The molecule has 0 aliphatic carbocycles. The summed E-state index contributed by atoms with van der Waals surface area (Å²) in [6, 6.07) is 4.50. The van der Waals surface area contributed by atoms with Crippen LogP contribution in [-0.2, 0) is 31.8 Å². The predicted octanol–water partition coefficient (Wildman–Crippen LogP) is 3.66. The number of esters is 1. The van der Waals surface area contributed by atoms with Crippen LogP contribution in [0.5, 0.6) is 0 Å². The van der Waals surface area contributed by atoms with E-state index in [4.69, 9.17) is 9.47 Å². The molecule has 1 amide bonds. The van der Waals surface area contributed by atoms with Gasteiger partial charge in [-0.1, -0.05) is 26.0 Å². The number of carbonyl (C=O) groups is 2. The van der Waals surface area contributed by atoms with Crippen molar-refractivity contribution < 1.29 is 32.2 Å². The van der Waals surface area contributed by atoms with E-state index in [0.717, 1.165) is 12.1 Å². The van der Waals surface area contributed by atoms with Crippen LogP contribution in [0.15, 0.2) is 24.3 Å². The highest BCUT2D eigenvalue weighted by Crippen LogP contribution is 2.29. The zero-order valence-electron chi connectivity index (χ0n) is 15.8. The lowest BCUT2D eigenvalue weighted by Crippen LogP contribution is -2.36. The molecule has 1 aromatic rings. The average Bonchev–Trinajstić information content (AvgIpc) is 2.57. The van der Waals surface area contributed by atoms with Crippen molar-refractivity contribution in [2.75, 3.05) is 26.4 Å². The quantitative estimate of drug-likeness (QED) is 0.453. The van der Waals surface area contributed by atoms with Gasteiger partial charge in [0.1, 0.15) is 6.54 Å². The molecule has 0 heterocycles. The zero-order chi connectivity index (χ0) is 20.4. The van der Waals surface area contributed by atoms with E-state index in [1.54, 1.807) is 6.92 Å². The molecule has 0 aliphatic heterocycles. The number of rotatable bonds is 10. The van der Waals surface area contributed by atoms with Gasteiger partial charge in [0.2, 0.25) is 5.91 Å². The number of benzene rings is 1. The van der Waals surface area contributed by atoms with E-state index in [-0.39, 0.29) is 38.6 Å². The van der Waals surface area contributed by atoms with E-state index in [9.17, 15) is 22.8 Å². The summed E-state index contributed by atoms with van der Waals surface area (Å²) in [7, 11) is 0. The second kappa shape index (κ2) is 10.9. The fourth-order valence-corrected chi connectivity index (χ4v) is 2.25. The molecule has 0 aromatic heterocycles. The molecule has 8 heteroatoms. The maximum Gasteiger partial charge on any atom is 0.416 e. The van der Waals surface area contributed by atoms with Gasteiger partial charge in [0.05, 0.1) is 25.2 Å². The molecule has 0 atom stereocenters. The normalized spacial score (nSPS) is 11.5. The summed E-state index contributed by atoms with van der Waals surface area (Å²) in [4.78, 5) is 25.4. The molecule has 0 aliphatic rings. The van der Waals surface area contributed by atoms with Crippen molar-refractivity contribution in [3.8, 4) is 0 Å². The third-order valence-electron chi connectivity index (χ3n) is 3.54. The lowest BCUT2D eigenvalue weighted by atomic mass is 10.1. The molecule has 0 saturated heterocycles. The van der Waals surface area contributed by atoms with Gasteiger partial charge in [0.15, 0.2) is 0 Å². The Hall–Kier alpha value is -2.09. The molecule has 1 rings (SSSR count). The van der Waals surface area contributed by atoms with Crippen molar-refractivity contribution in [3.63, 3.8) is 0 Å². The van der Waals surface area contributed by atoms with E-state index in [2.05, 4.69) is 0 Å². The van der Waals surface area contributed by atoms with Crippen LogP contribution in [0.2, 0.25) is 0 Å². The molecule has 0 bridgehead atoms. The molecule has 27 heavy (non-hydrogen) atoms. The molecule has 0 radical (unpaired) electrons. The standard InChI is InChI=1S/C19H26F3NO4/c1-4-27-18(25)12-23(17(24)9-10-26-13-14(2)3)11-15-5-7-16(8-6-15)19(20,21)22/h5-8,14H,4,9-13H2,1-3H3. The summed E-state index contributed by atoms with van der Waals surface area (Å²) in [5, 5.41) is 0. The van der Waals surface area contributed by atoms with Gasteiger partial charge in [0.25, 0.3) is 0 Å². The summed E-state index contributed by atoms with van der Waals surface area (Å²) >= 11 is 0. The smallest absolute Gasteiger partial charge is 0.416 e. The van der Waals surface area contributed by atoms with Gasteiger partial charge in [-0.05, 0) is 30.5 Å². The number of alkyl halides is 3. The van der Waals surface area contributed by atoms with E-state index in [1.807, 2.05) is 13.8 Å². The molecule has 0 fully saturated rings. The number of hydrogen-bond donors (Lipinski definition) is 0. The Morgan fingerprint density at radius 1 is 1.15 bits per heavy atom. The van der Waals surface area contributed by atoms with Gasteiger partial charge in [-0.3, -0.25) is 9.59 Å². The Bertz CT molecular complexity index is 600. The van der Waals surface area contributed by atoms with Crippen LogP contribution in [0.3, 0.4) is 0 Å². The van der Waals surface area contributed by atoms with Crippen molar-refractivity contribution in [2.24, 2.45) is 5.92 Å². The number of carbonyl (C=O) groups excluding carboxylic acids is 2. The van der Waals surface area contributed by atoms with Crippen LogP contribution in [0, 0.1) is 5.92 Å². The largest absolute Gasteiger partial charge is 0.465 e. The number of hydrogen-bond acceptors (Lipinski definition) is 4. The Kier molecular flexibility index (Phi) is 9.28. The van der Waals surface area contributed by atoms with Gasteiger partial charge in [-0.2, -0.15) is 13.2 Å². The third kappa shape index (κ3) is 8.90. The van der Waals surface area contributed by atoms with Gasteiger partial charge in [0, 0.05) is 13.2 Å². The minimum atomic E-state index is -4.42. The number of ether oxygens (including phenoxy) is 2. The first-order chi connectivity index (χ1) is 12.6. The maximum atomic E-state index is 12.7. The zero-order valence-corrected chi connectivity index (χ0v) is 15.8. The van der Waals surface area contributed by atoms with Crippen LogP contribution in [0.1, 0.15) is 38.3 Å². The SMILES string of the molecule is CCOC(=O)CN(Cc1ccc(C(F)(F)F)cc1)C(=O)CCOCC(C)C. The Balaban J connectivity index is 2.75. The van der Waals surface area contributed by atoms with Crippen molar-refractivity contribution in [2.45, 2.75) is 39.9 Å². The van der Waals surface area contributed by atoms with Crippen LogP contribution in [0.4, 0.5) is 13.2 Å². The Morgan fingerprint density at radius 2 is 1.78 bits per heavy atom. The second-order valence-corrected chi connectivity index (χ2v) is 6.47. The Labute approximate surface area is 157 Å². The number of amides is 1. The summed E-state index contributed by atoms with van der Waals surface area (Å²) in [6.45, 7) is 6.28. The predicted molar refractivity (Wildman–Crippen MR) is 93.8 cm³/mol. The van der Waals surface area contributed by atoms with Crippen LogP contribution >= 0.6 is 0 Å². The monoisotopic (exact) mass is 389 g/mol. The second-order valence-electron chi connectivity index (χ2n) is 6.47. The van der Waals surface area contributed by atoms with Crippen molar-refractivity contribution in [1.82, 2.24) is 4.90 Å². The molecule has 5 nitrogen and oxygen atoms in total. The average molecular weight is 389 g/mol.